The minimum absolute atomic E-state index is 0.556. The molecule has 1 heterocycles. The molecule has 0 saturated carbocycles. The van der Waals surface area contributed by atoms with Gasteiger partial charge in [0, 0.05) is 17.7 Å². The Hall–Kier alpha value is -1.86. The molecule has 0 spiro atoms. The van der Waals surface area contributed by atoms with Crippen LogP contribution >= 0.6 is 0 Å². The molecule has 0 unspecified atom stereocenters. The number of hydrogen-bond donors (Lipinski definition) is 0. The van der Waals surface area contributed by atoms with E-state index in [1.54, 1.807) is 0 Å². The summed E-state index contributed by atoms with van der Waals surface area (Å²) in [6.07, 6.45) is 3.02. The molecular weight excluding hydrogens is 370 g/mol. The van der Waals surface area contributed by atoms with Gasteiger partial charge >= 0.3 is 0 Å². The summed E-state index contributed by atoms with van der Waals surface area (Å²) in [4.78, 5) is 0. The number of hydrogen-bond acceptors (Lipinski definition) is 2. The van der Waals surface area contributed by atoms with Crippen LogP contribution in [0.2, 0.25) is 16.6 Å². The van der Waals surface area contributed by atoms with Gasteiger partial charge in [0.05, 0.1) is 6.20 Å². The first-order chi connectivity index (χ1) is 13.6. The monoisotopic (exact) mass is 409 g/mol. The van der Waals surface area contributed by atoms with Crippen molar-refractivity contribution in [3.63, 3.8) is 0 Å². The highest BCUT2D eigenvalue weighted by molar-refractivity contribution is 6.90. The lowest BCUT2D eigenvalue weighted by Gasteiger charge is -2.38. The van der Waals surface area contributed by atoms with Gasteiger partial charge in [0.1, 0.15) is 13.8 Å². The zero-order valence-corrected chi connectivity index (χ0v) is 20.9. The maximum atomic E-state index is 4.42. The van der Waals surface area contributed by atoms with E-state index in [9.17, 15) is 0 Å². The molecule has 0 saturated heterocycles. The van der Waals surface area contributed by atoms with Crippen molar-refractivity contribution >= 4 is 8.07 Å². The predicted octanol–water partition coefficient (Wildman–Crippen LogP) is 6.73. The van der Waals surface area contributed by atoms with E-state index in [2.05, 4.69) is 108 Å². The van der Waals surface area contributed by atoms with Crippen LogP contribution in [0.25, 0.3) is 11.3 Å². The quantitative estimate of drug-likeness (QED) is 0.375. The van der Waals surface area contributed by atoms with Crippen LogP contribution in [0.1, 0.15) is 73.4 Å². The minimum atomic E-state index is -1.71. The van der Waals surface area contributed by atoms with E-state index in [4.69, 9.17) is 0 Å². The second kappa shape index (κ2) is 9.76. The summed E-state index contributed by atoms with van der Waals surface area (Å²) in [5.74, 6) is 4.14. The van der Waals surface area contributed by atoms with Gasteiger partial charge in [-0.3, -0.25) is 4.68 Å². The minimum Gasteiger partial charge on any atom is -0.252 e. The first-order valence-electron chi connectivity index (χ1n) is 11.2. The lowest BCUT2D eigenvalue weighted by Crippen LogP contribution is -2.43. The Morgan fingerprint density at radius 2 is 1.59 bits per heavy atom. The van der Waals surface area contributed by atoms with Crippen molar-refractivity contribution < 1.29 is 0 Å². The number of rotatable bonds is 7. The van der Waals surface area contributed by atoms with Crippen molar-refractivity contribution in [2.24, 2.45) is 5.92 Å². The SMILES string of the molecule is CCc1cc(C#C[Si](C(C)C)(C(C)C)C(C)C)ccc1-c1cn(CC(C)C)nn1. The summed E-state index contributed by atoms with van der Waals surface area (Å²) >= 11 is 0. The Kier molecular flexibility index (Phi) is 7.88. The third kappa shape index (κ3) is 5.20. The van der Waals surface area contributed by atoms with Gasteiger partial charge in [-0.2, -0.15) is 0 Å². The third-order valence-electron chi connectivity index (χ3n) is 6.14. The molecule has 3 nitrogen and oxygen atoms in total. The Labute approximate surface area is 179 Å². The summed E-state index contributed by atoms with van der Waals surface area (Å²) < 4.78 is 1.95. The fraction of sp³-hybridized carbons (Fsp3) is 0.600. The summed E-state index contributed by atoms with van der Waals surface area (Å²) in [6.45, 7) is 21.7. The van der Waals surface area contributed by atoms with E-state index in [0.717, 1.165) is 24.2 Å². The molecule has 0 fully saturated rings. The normalized spacial score (nSPS) is 12.2. The number of aryl methyl sites for hydroxylation is 1. The van der Waals surface area contributed by atoms with Gasteiger partial charge in [-0.15, -0.1) is 10.6 Å². The molecule has 0 aliphatic carbocycles. The van der Waals surface area contributed by atoms with Crippen LogP contribution in [0.15, 0.2) is 24.4 Å². The summed E-state index contributed by atoms with van der Waals surface area (Å²) in [5, 5.41) is 8.72. The van der Waals surface area contributed by atoms with Crippen molar-refractivity contribution in [2.75, 3.05) is 0 Å². The fourth-order valence-electron chi connectivity index (χ4n) is 4.71. The van der Waals surface area contributed by atoms with Gasteiger partial charge in [0.25, 0.3) is 0 Å². The summed E-state index contributed by atoms with van der Waals surface area (Å²) in [6, 6.07) is 6.59. The first-order valence-corrected chi connectivity index (χ1v) is 13.4. The van der Waals surface area contributed by atoms with Crippen LogP contribution < -0.4 is 0 Å². The molecule has 0 aliphatic heterocycles. The maximum Gasteiger partial charge on any atom is 0.146 e. The summed E-state index contributed by atoms with van der Waals surface area (Å²) in [5.41, 5.74) is 10.3. The molecule has 0 N–H and O–H groups in total. The second-order valence-corrected chi connectivity index (χ2v) is 15.2. The zero-order valence-electron chi connectivity index (χ0n) is 19.9. The number of aromatic nitrogens is 3. The summed E-state index contributed by atoms with van der Waals surface area (Å²) in [7, 11) is -1.71. The first kappa shape index (κ1) is 23.4. The van der Waals surface area contributed by atoms with Crippen LogP contribution in [0, 0.1) is 17.4 Å². The molecule has 1 aromatic heterocycles. The van der Waals surface area contributed by atoms with Crippen LogP contribution in [-0.2, 0) is 13.0 Å². The fourth-order valence-corrected chi connectivity index (χ4v) is 9.94. The average Bonchev–Trinajstić information content (AvgIpc) is 3.08. The van der Waals surface area contributed by atoms with E-state index in [1.165, 1.54) is 11.1 Å². The van der Waals surface area contributed by atoms with Crippen LogP contribution in [0.5, 0.6) is 0 Å². The van der Waals surface area contributed by atoms with Gasteiger partial charge in [0.2, 0.25) is 0 Å². The highest BCUT2D eigenvalue weighted by atomic mass is 28.3. The Balaban J connectivity index is 2.41. The Morgan fingerprint density at radius 3 is 2.10 bits per heavy atom. The highest BCUT2D eigenvalue weighted by Crippen LogP contribution is 2.40. The molecule has 29 heavy (non-hydrogen) atoms. The predicted molar refractivity (Wildman–Crippen MR) is 128 cm³/mol. The van der Waals surface area contributed by atoms with Crippen molar-refractivity contribution in [2.45, 2.75) is 91.9 Å². The largest absolute Gasteiger partial charge is 0.252 e. The molecule has 0 amide bonds. The smallest absolute Gasteiger partial charge is 0.146 e. The topological polar surface area (TPSA) is 30.7 Å². The van der Waals surface area contributed by atoms with E-state index in [-0.39, 0.29) is 0 Å². The molecule has 0 radical (unpaired) electrons. The molecule has 2 aromatic rings. The molecule has 0 bridgehead atoms. The van der Waals surface area contributed by atoms with Crippen molar-refractivity contribution in [1.29, 1.82) is 0 Å². The number of nitrogens with zero attached hydrogens (tertiary/aromatic N) is 3. The Bertz CT molecular complexity index is 844. The Morgan fingerprint density at radius 1 is 0.966 bits per heavy atom. The number of benzene rings is 1. The lowest BCUT2D eigenvalue weighted by molar-refractivity contribution is 0.472. The molecular formula is C25H39N3Si. The van der Waals surface area contributed by atoms with Gasteiger partial charge in [0.15, 0.2) is 0 Å². The van der Waals surface area contributed by atoms with E-state index < -0.39 is 8.07 Å². The molecule has 0 aliphatic rings. The molecule has 2 rings (SSSR count). The maximum absolute atomic E-state index is 4.42. The van der Waals surface area contributed by atoms with E-state index >= 15 is 0 Å². The standard InChI is InChI=1S/C25H39N3Si/c1-10-23-15-22(13-14-29(19(4)5,20(6)7)21(8)9)11-12-24(23)25-17-28(27-26-25)16-18(2)3/h11-12,15,17-21H,10,16H2,1-9H3. The molecule has 4 heteroatoms. The second-order valence-electron chi connectivity index (χ2n) is 9.59. The third-order valence-corrected chi connectivity index (χ3v) is 12.4. The van der Waals surface area contributed by atoms with Gasteiger partial charge < -0.3 is 0 Å². The molecule has 158 valence electrons. The van der Waals surface area contributed by atoms with Gasteiger partial charge in [-0.1, -0.05) is 79.5 Å². The zero-order chi connectivity index (χ0) is 21.8. The van der Waals surface area contributed by atoms with Crippen LogP contribution in [0.3, 0.4) is 0 Å². The van der Waals surface area contributed by atoms with Crippen LogP contribution in [0.4, 0.5) is 0 Å². The van der Waals surface area contributed by atoms with E-state index in [0.29, 0.717) is 22.5 Å². The molecule has 0 atom stereocenters. The van der Waals surface area contributed by atoms with E-state index in [1.807, 2.05) is 4.68 Å². The lowest BCUT2D eigenvalue weighted by atomic mass is 10.00. The molecule has 1 aromatic carbocycles. The average molecular weight is 410 g/mol. The van der Waals surface area contributed by atoms with Gasteiger partial charge in [-0.05, 0) is 46.7 Å². The van der Waals surface area contributed by atoms with Crippen molar-refractivity contribution in [3.05, 3.63) is 35.5 Å². The highest BCUT2D eigenvalue weighted by Gasteiger charge is 2.41. The van der Waals surface area contributed by atoms with Gasteiger partial charge in [-0.25, -0.2) is 0 Å². The van der Waals surface area contributed by atoms with Crippen molar-refractivity contribution in [1.82, 2.24) is 15.0 Å². The van der Waals surface area contributed by atoms with Crippen LogP contribution in [-0.4, -0.2) is 23.1 Å². The van der Waals surface area contributed by atoms with Crippen molar-refractivity contribution in [3.8, 4) is 22.7 Å².